The maximum atomic E-state index is 12.6. The number of carbonyl (C=O) groups excluding carboxylic acids is 1. The molecule has 2 aromatic carbocycles. The summed E-state index contributed by atoms with van der Waals surface area (Å²) in [6.07, 6.45) is 0. The Hall–Kier alpha value is -2.02. The molecular formula is C19H18Cl2N4OS. The third kappa shape index (κ3) is 4.46. The van der Waals surface area contributed by atoms with Crippen LogP contribution in [0.5, 0.6) is 0 Å². The fourth-order valence-corrected chi connectivity index (χ4v) is 3.57. The number of anilines is 1. The molecule has 0 bridgehead atoms. The van der Waals surface area contributed by atoms with Crippen molar-refractivity contribution in [2.24, 2.45) is 7.05 Å². The average molecular weight is 421 g/mol. The molecule has 0 spiro atoms. The van der Waals surface area contributed by atoms with Gasteiger partial charge in [-0.25, -0.2) is 0 Å². The lowest BCUT2D eigenvalue weighted by atomic mass is 10.2. The molecule has 1 N–H and O–H groups in total. The molecule has 1 amide bonds. The third-order valence-corrected chi connectivity index (χ3v) is 5.91. The highest BCUT2D eigenvalue weighted by atomic mass is 35.5. The number of rotatable bonds is 5. The minimum absolute atomic E-state index is 0.124. The van der Waals surface area contributed by atoms with Gasteiger partial charge in [0, 0.05) is 28.3 Å². The fraction of sp³-hybridized carbons (Fsp3) is 0.211. The second kappa shape index (κ2) is 8.33. The van der Waals surface area contributed by atoms with Crippen LogP contribution in [0.15, 0.2) is 47.6 Å². The molecule has 140 valence electrons. The van der Waals surface area contributed by atoms with E-state index in [-0.39, 0.29) is 11.2 Å². The number of nitrogens with one attached hydrogen (secondary N) is 1. The number of carbonyl (C=O) groups is 1. The van der Waals surface area contributed by atoms with Gasteiger partial charge in [-0.3, -0.25) is 4.79 Å². The van der Waals surface area contributed by atoms with E-state index in [1.165, 1.54) is 11.8 Å². The van der Waals surface area contributed by atoms with Crippen LogP contribution in [0.2, 0.25) is 10.0 Å². The van der Waals surface area contributed by atoms with Gasteiger partial charge < -0.3 is 9.88 Å². The van der Waals surface area contributed by atoms with Gasteiger partial charge in [0.15, 0.2) is 11.0 Å². The smallest absolute Gasteiger partial charge is 0.237 e. The maximum Gasteiger partial charge on any atom is 0.237 e. The van der Waals surface area contributed by atoms with Gasteiger partial charge in [0.05, 0.1) is 5.25 Å². The molecule has 3 aromatic rings. The zero-order chi connectivity index (χ0) is 19.6. The molecule has 0 aliphatic carbocycles. The van der Waals surface area contributed by atoms with Crippen molar-refractivity contribution >= 4 is 46.6 Å². The molecule has 0 saturated heterocycles. The van der Waals surface area contributed by atoms with E-state index in [1.54, 1.807) is 6.07 Å². The fourth-order valence-electron chi connectivity index (χ4n) is 2.46. The largest absolute Gasteiger partial charge is 0.325 e. The number of halogens is 2. The molecule has 27 heavy (non-hydrogen) atoms. The van der Waals surface area contributed by atoms with Crippen LogP contribution >= 0.6 is 35.0 Å². The Bertz CT molecular complexity index is 972. The summed E-state index contributed by atoms with van der Waals surface area (Å²) >= 11 is 13.4. The van der Waals surface area contributed by atoms with Gasteiger partial charge in [-0.1, -0.05) is 41.0 Å². The van der Waals surface area contributed by atoms with Crippen molar-refractivity contribution in [3.05, 3.63) is 58.1 Å². The van der Waals surface area contributed by atoms with Gasteiger partial charge in [-0.2, -0.15) is 0 Å². The van der Waals surface area contributed by atoms with Crippen LogP contribution in [0.3, 0.4) is 0 Å². The van der Waals surface area contributed by atoms with Crippen molar-refractivity contribution in [2.45, 2.75) is 24.3 Å². The van der Waals surface area contributed by atoms with Gasteiger partial charge in [0.25, 0.3) is 0 Å². The first-order chi connectivity index (χ1) is 12.9. The van der Waals surface area contributed by atoms with Gasteiger partial charge in [0.2, 0.25) is 5.91 Å². The lowest BCUT2D eigenvalue weighted by molar-refractivity contribution is -0.115. The van der Waals surface area contributed by atoms with Crippen LogP contribution in [-0.2, 0) is 11.8 Å². The first-order valence-corrected chi connectivity index (χ1v) is 9.88. The SMILES string of the molecule is Cc1c(Cl)cccc1NC(=O)C(C)Sc1nnc(-c2ccc(Cl)cc2)n1C. The van der Waals surface area contributed by atoms with Gasteiger partial charge in [0.1, 0.15) is 0 Å². The highest BCUT2D eigenvalue weighted by Gasteiger charge is 2.20. The van der Waals surface area contributed by atoms with E-state index in [0.717, 1.165) is 11.1 Å². The molecule has 8 heteroatoms. The van der Waals surface area contributed by atoms with E-state index in [9.17, 15) is 4.79 Å². The van der Waals surface area contributed by atoms with Crippen molar-refractivity contribution in [2.75, 3.05) is 5.32 Å². The zero-order valence-corrected chi connectivity index (χ0v) is 17.4. The van der Waals surface area contributed by atoms with Crippen LogP contribution in [-0.4, -0.2) is 25.9 Å². The first-order valence-electron chi connectivity index (χ1n) is 8.24. The Labute approximate surface area is 172 Å². The van der Waals surface area contributed by atoms with Gasteiger partial charge >= 0.3 is 0 Å². The second-order valence-corrected chi connectivity index (χ2v) is 8.19. The molecule has 1 heterocycles. The summed E-state index contributed by atoms with van der Waals surface area (Å²) in [5.74, 6) is 0.592. The first kappa shape index (κ1) is 19.7. The summed E-state index contributed by atoms with van der Waals surface area (Å²) in [7, 11) is 1.87. The van der Waals surface area contributed by atoms with E-state index in [4.69, 9.17) is 23.2 Å². The summed E-state index contributed by atoms with van der Waals surface area (Å²) in [4.78, 5) is 12.6. The van der Waals surface area contributed by atoms with E-state index in [1.807, 2.05) is 61.9 Å². The van der Waals surface area contributed by atoms with E-state index in [2.05, 4.69) is 15.5 Å². The Kier molecular flexibility index (Phi) is 6.09. The number of amides is 1. The topological polar surface area (TPSA) is 59.8 Å². The molecule has 1 aromatic heterocycles. The summed E-state index contributed by atoms with van der Waals surface area (Å²) in [5.41, 5.74) is 2.46. The number of hydrogen-bond donors (Lipinski definition) is 1. The van der Waals surface area contributed by atoms with Crippen molar-refractivity contribution in [3.8, 4) is 11.4 Å². The van der Waals surface area contributed by atoms with E-state index >= 15 is 0 Å². The van der Waals surface area contributed by atoms with Crippen LogP contribution in [0.1, 0.15) is 12.5 Å². The molecule has 0 aliphatic rings. The maximum absolute atomic E-state index is 12.6. The Morgan fingerprint density at radius 3 is 2.56 bits per heavy atom. The van der Waals surface area contributed by atoms with Crippen LogP contribution in [0, 0.1) is 6.92 Å². The van der Waals surface area contributed by atoms with Crippen molar-refractivity contribution in [1.29, 1.82) is 0 Å². The molecule has 0 saturated carbocycles. The second-order valence-electron chi connectivity index (χ2n) is 6.03. The summed E-state index contributed by atoms with van der Waals surface area (Å²) in [5, 5.41) is 13.0. The molecule has 1 atom stereocenters. The number of benzene rings is 2. The Balaban J connectivity index is 1.72. The van der Waals surface area contributed by atoms with E-state index < -0.39 is 0 Å². The van der Waals surface area contributed by atoms with Crippen molar-refractivity contribution in [3.63, 3.8) is 0 Å². The Morgan fingerprint density at radius 2 is 1.85 bits per heavy atom. The normalized spacial score (nSPS) is 12.0. The average Bonchev–Trinajstić information content (AvgIpc) is 3.00. The molecular weight excluding hydrogens is 403 g/mol. The van der Waals surface area contributed by atoms with Crippen LogP contribution in [0.25, 0.3) is 11.4 Å². The molecule has 1 unspecified atom stereocenters. The van der Waals surface area contributed by atoms with Gasteiger partial charge in [-0.05, 0) is 55.8 Å². The highest BCUT2D eigenvalue weighted by molar-refractivity contribution is 8.00. The molecule has 0 fully saturated rings. The summed E-state index contributed by atoms with van der Waals surface area (Å²) in [6, 6.07) is 12.8. The number of thioether (sulfide) groups is 1. The summed E-state index contributed by atoms with van der Waals surface area (Å²) < 4.78 is 1.86. The number of hydrogen-bond acceptors (Lipinski definition) is 4. The lowest BCUT2D eigenvalue weighted by Gasteiger charge is -2.13. The lowest BCUT2D eigenvalue weighted by Crippen LogP contribution is -2.23. The summed E-state index contributed by atoms with van der Waals surface area (Å²) in [6.45, 7) is 3.70. The van der Waals surface area contributed by atoms with E-state index in [0.29, 0.717) is 26.7 Å². The standard InChI is InChI=1S/C19H18Cl2N4OS/c1-11-15(21)5-4-6-16(11)22-18(26)12(2)27-19-24-23-17(25(19)3)13-7-9-14(20)10-8-13/h4-10,12H,1-3H3,(H,22,26). The van der Waals surface area contributed by atoms with Crippen LogP contribution < -0.4 is 5.32 Å². The molecule has 5 nitrogen and oxygen atoms in total. The quantitative estimate of drug-likeness (QED) is 0.574. The minimum atomic E-state index is -0.357. The third-order valence-electron chi connectivity index (χ3n) is 4.11. The zero-order valence-electron chi connectivity index (χ0n) is 15.0. The molecule has 3 rings (SSSR count). The predicted molar refractivity (Wildman–Crippen MR) is 112 cm³/mol. The number of nitrogens with zero attached hydrogens (tertiary/aromatic N) is 3. The van der Waals surface area contributed by atoms with Crippen LogP contribution in [0.4, 0.5) is 5.69 Å². The predicted octanol–water partition coefficient (Wildman–Crippen LogP) is 5.22. The van der Waals surface area contributed by atoms with Gasteiger partial charge in [-0.15, -0.1) is 10.2 Å². The Morgan fingerprint density at radius 1 is 1.15 bits per heavy atom. The van der Waals surface area contributed by atoms with Crippen molar-refractivity contribution in [1.82, 2.24) is 14.8 Å². The van der Waals surface area contributed by atoms with Crippen molar-refractivity contribution < 1.29 is 4.79 Å². The molecule has 0 radical (unpaired) electrons. The number of aromatic nitrogens is 3. The monoisotopic (exact) mass is 420 g/mol. The molecule has 0 aliphatic heterocycles. The minimum Gasteiger partial charge on any atom is -0.325 e. The highest BCUT2D eigenvalue weighted by Crippen LogP contribution is 2.28.